The highest BCUT2D eigenvalue weighted by Gasteiger charge is 2.30. The van der Waals surface area contributed by atoms with Gasteiger partial charge in [0.25, 0.3) is 0 Å². The van der Waals surface area contributed by atoms with Crippen molar-refractivity contribution in [1.29, 1.82) is 0 Å². The lowest BCUT2D eigenvalue weighted by molar-refractivity contribution is -0.142. The van der Waals surface area contributed by atoms with Gasteiger partial charge in [0.15, 0.2) is 0 Å². The number of thiol groups is 1. The zero-order valence-electron chi connectivity index (χ0n) is 19.6. The van der Waals surface area contributed by atoms with Crippen LogP contribution in [-0.2, 0) is 19.2 Å². The van der Waals surface area contributed by atoms with Gasteiger partial charge in [0.05, 0.1) is 6.04 Å². The molecule has 0 rings (SSSR count). The van der Waals surface area contributed by atoms with Gasteiger partial charge in [-0.25, -0.2) is 4.79 Å². The standard InChI is InChI=1S/C21H41N5O5S/c1-12(2)9-14(23)18(27)25-16(10-13(3)4)19(28)26-17(11-32)20(29)24-15(21(30)31)7-5-6-8-22/h12-17,32H,5-11,22-23H2,1-4H3,(H,24,29)(H,25,27)(H,26,28)(H,30,31). The van der Waals surface area contributed by atoms with Crippen LogP contribution in [0, 0.1) is 11.8 Å². The number of nitrogens with one attached hydrogen (secondary N) is 3. The van der Waals surface area contributed by atoms with Gasteiger partial charge in [-0.05, 0) is 50.5 Å². The Morgan fingerprint density at radius 1 is 0.812 bits per heavy atom. The summed E-state index contributed by atoms with van der Waals surface area (Å²) in [5, 5.41) is 17.0. The van der Waals surface area contributed by atoms with E-state index in [2.05, 4.69) is 28.6 Å². The highest BCUT2D eigenvalue weighted by molar-refractivity contribution is 7.80. The van der Waals surface area contributed by atoms with E-state index in [0.29, 0.717) is 32.2 Å². The summed E-state index contributed by atoms with van der Waals surface area (Å²) in [6, 6.07) is -3.77. The molecule has 0 aromatic heterocycles. The number of amides is 3. The molecule has 0 aromatic carbocycles. The molecule has 3 amide bonds. The van der Waals surface area contributed by atoms with Crippen LogP contribution in [0.25, 0.3) is 0 Å². The van der Waals surface area contributed by atoms with E-state index in [-0.39, 0.29) is 24.0 Å². The minimum atomic E-state index is -1.16. The molecule has 4 unspecified atom stereocenters. The highest BCUT2D eigenvalue weighted by atomic mass is 32.1. The second-order valence-corrected chi connectivity index (χ2v) is 9.22. The zero-order chi connectivity index (χ0) is 24.8. The molecule has 11 heteroatoms. The molecule has 0 fully saturated rings. The molecule has 0 spiro atoms. The van der Waals surface area contributed by atoms with Gasteiger partial charge in [0, 0.05) is 5.75 Å². The summed E-state index contributed by atoms with van der Waals surface area (Å²) in [6.45, 7) is 8.13. The second kappa shape index (κ2) is 15.9. The first-order valence-corrected chi connectivity index (χ1v) is 11.8. The van der Waals surface area contributed by atoms with Crippen molar-refractivity contribution in [3.8, 4) is 0 Å². The van der Waals surface area contributed by atoms with Crippen molar-refractivity contribution < 1.29 is 24.3 Å². The van der Waals surface area contributed by atoms with Crippen LogP contribution in [0.5, 0.6) is 0 Å². The van der Waals surface area contributed by atoms with Gasteiger partial charge in [-0.2, -0.15) is 12.6 Å². The topological polar surface area (TPSA) is 177 Å². The van der Waals surface area contributed by atoms with Crippen molar-refractivity contribution in [2.45, 2.75) is 84.0 Å². The summed E-state index contributed by atoms with van der Waals surface area (Å²) in [5.74, 6) is -2.53. The number of nitrogens with two attached hydrogens (primary N) is 2. The molecule has 0 aliphatic heterocycles. The maximum atomic E-state index is 12.9. The zero-order valence-corrected chi connectivity index (χ0v) is 20.5. The van der Waals surface area contributed by atoms with Crippen LogP contribution in [0.2, 0.25) is 0 Å². The van der Waals surface area contributed by atoms with Crippen LogP contribution in [0.15, 0.2) is 0 Å². The van der Waals surface area contributed by atoms with Crippen molar-refractivity contribution >= 4 is 36.3 Å². The fourth-order valence-corrected chi connectivity index (χ4v) is 3.34. The first-order chi connectivity index (χ1) is 14.9. The predicted octanol–water partition coefficient (Wildman–Crippen LogP) is 0.00370. The van der Waals surface area contributed by atoms with Crippen molar-refractivity contribution in [3.05, 3.63) is 0 Å². The minimum Gasteiger partial charge on any atom is -0.480 e. The summed E-state index contributed by atoms with van der Waals surface area (Å²) in [4.78, 5) is 49.3. The largest absolute Gasteiger partial charge is 0.480 e. The molecule has 0 saturated carbocycles. The summed E-state index contributed by atoms with van der Waals surface area (Å²) in [7, 11) is 0. The van der Waals surface area contributed by atoms with Crippen molar-refractivity contribution in [2.75, 3.05) is 12.3 Å². The van der Waals surface area contributed by atoms with E-state index in [4.69, 9.17) is 11.5 Å². The van der Waals surface area contributed by atoms with E-state index < -0.39 is 47.9 Å². The minimum absolute atomic E-state index is 0.0398. The molecule has 0 heterocycles. The second-order valence-electron chi connectivity index (χ2n) is 8.85. The first kappa shape index (κ1) is 30.1. The Hall–Kier alpha value is -1.85. The van der Waals surface area contributed by atoms with Gasteiger partial charge < -0.3 is 32.5 Å². The summed E-state index contributed by atoms with van der Waals surface area (Å²) >= 11 is 4.12. The van der Waals surface area contributed by atoms with Crippen molar-refractivity contribution in [1.82, 2.24) is 16.0 Å². The maximum Gasteiger partial charge on any atom is 0.326 e. The predicted molar refractivity (Wildman–Crippen MR) is 127 cm³/mol. The molecule has 0 aliphatic carbocycles. The monoisotopic (exact) mass is 475 g/mol. The Balaban J connectivity index is 5.17. The molecule has 32 heavy (non-hydrogen) atoms. The first-order valence-electron chi connectivity index (χ1n) is 11.1. The van der Waals surface area contributed by atoms with Gasteiger partial charge in [0.2, 0.25) is 17.7 Å². The molecular weight excluding hydrogens is 434 g/mol. The van der Waals surface area contributed by atoms with E-state index in [1.165, 1.54) is 0 Å². The molecular formula is C21H41N5O5S. The van der Waals surface area contributed by atoms with E-state index in [0.717, 1.165) is 0 Å². The Labute approximate surface area is 196 Å². The number of carboxylic acid groups (broad SMARTS) is 1. The average molecular weight is 476 g/mol. The van der Waals surface area contributed by atoms with E-state index in [1.54, 1.807) is 0 Å². The van der Waals surface area contributed by atoms with E-state index >= 15 is 0 Å². The fourth-order valence-electron chi connectivity index (χ4n) is 3.09. The molecule has 186 valence electrons. The summed E-state index contributed by atoms with van der Waals surface area (Å²) in [6.07, 6.45) is 2.24. The average Bonchev–Trinajstić information content (AvgIpc) is 2.69. The van der Waals surface area contributed by atoms with E-state index in [9.17, 15) is 24.3 Å². The lowest BCUT2D eigenvalue weighted by Gasteiger charge is -2.25. The van der Waals surface area contributed by atoms with Crippen LogP contribution in [0.3, 0.4) is 0 Å². The molecule has 4 atom stereocenters. The number of carboxylic acids is 1. The maximum absolute atomic E-state index is 12.9. The van der Waals surface area contributed by atoms with Crippen LogP contribution in [0.1, 0.15) is 59.8 Å². The Morgan fingerprint density at radius 2 is 1.31 bits per heavy atom. The number of hydrogen-bond donors (Lipinski definition) is 7. The lowest BCUT2D eigenvalue weighted by Crippen LogP contribution is -2.58. The molecule has 0 bridgehead atoms. The molecule has 0 radical (unpaired) electrons. The SMILES string of the molecule is CC(C)CC(N)C(=O)NC(CC(C)C)C(=O)NC(CS)C(=O)NC(CCCCN)C(=O)O. The third kappa shape index (κ3) is 12.3. The van der Waals surface area contributed by atoms with Gasteiger partial charge in [-0.3, -0.25) is 14.4 Å². The number of hydrogen-bond acceptors (Lipinski definition) is 7. The van der Waals surface area contributed by atoms with E-state index in [1.807, 2.05) is 27.7 Å². The highest BCUT2D eigenvalue weighted by Crippen LogP contribution is 2.08. The summed E-state index contributed by atoms with van der Waals surface area (Å²) in [5.41, 5.74) is 11.3. The van der Waals surface area contributed by atoms with Gasteiger partial charge >= 0.3 is 5.97 Å². The molecule has 0 aliphatic rings. The molecule has 10 nitrogen and oxygen atoms in total. The third-order valence-corrected chi connectivity index (χ3v) is 5.14. The normalized spacial score (nSPS) is 15.0. The van der Waals surface area contributed by atoms with Crippen LogP contribution in [0.4, 0.5) is 0 Å². The number of unbranched alkanes of at least 4 members (excludes halogenated alkanes) is 1. The summed E-state index contributed by atoms with van der Waals surface area (Å²) < 4.78 is 0. The van der Waals surface area contributed by atoms with Gasteiger partial charge in [-0.1, -0.05) is 27.7 Å². The van der Waals surface area contributed by atoms with Gasteiger partial charge in [-0.15, -0.1) is 0 Å². The number of aliphatic carboxylic acids is 1. The van der Waals surface area contributed by atoms with Crippen LogP contribution in [-0.4, -0.2) is 65.3 Å². The molecule has 0 aromatic rings. The fraction of sp³-hybridized carbons (Fsp3) is 0.810. The van der Waals surface area contributed by atoms with Crippen molar-refractivity contribution in [2.24, 2.45) is 23.3 Å². The van der Waals surface area contributed by atoms with Gasteiger partial charge in [0.1, 0.15) is 18.1 Å². The molecule has 0 saturated heterocycles. The Bertz CT molecular complexity index is 617. The quantitative estimate of drug-likeness (QED) is 0.121. The Kier molecular flexibility index (Phi) is 15.0. The van der Waals surface area contributed by atoms with Crippen molar-refractivity contribution in [3.63, 3.8) is 0 Å². The smallest absolute Gasteiger partial charge is 0.326 e. The van der Waals surface area contributed by atoms with Crippen LogP contribution >= 0.6 is 12.6 Å². The van der Waals surface area contributed by atoms with Crippen LogP contribution < -0.4 is 27.4 Å². The number of carbonyl (C=O) groups is 4. The lowest BCUT2D eigenvalue weighted by atomic mass is 10.0. The molecule has 8 N–H and O–H groups in total. The third-order valence-electron chi connectivity index (χ3n) is 4.78. The number of carbonyl (C=O) groups excluding carboxylic acids is 3. The Morgan fingerprint density at radius 3 is 1.78 bits per heavy atom. The number of rotatable bonds is 16.